The summed E-state index contributed by atoms with van der Waals surface area (Å²) in [5, 5.41) is 11.1. The highest BCUT2D eigenvalue weighted by atomic mass is 35.5. The molecule has 0 saturated carbocycles. The third-order valence-electron chi connectivity index (χ3n) is 2.43. The first-order valence-corrected chi connectivity index (χ1v) is 6.13. The van der Waals surface area contributed by atoms with E-state index >= 15 is 0 Å². The molecule has 0 saturated heterocycles. The van der Waals surface area contributed by atoms with Gasteiger partial charge in [0.1, 0.15) is 11.6 Å². The number of rotatable bonds is 4. The average molecular weight is 295 g/mol. The number of nitrogens with two attached hydrogens (primary N) is 1. The molecule has 0 unspecified atom stereocenters. The van der Waals surface area contributed by atoms with Crippen LogP contribution in [0.5, 0.6) is 11.6 Å². The van der Waals surface area contributed by atoms with Crippen LogP contribution >= 0.6 is 11.6 Å². The SMILES string of the molecule is CCc1nc(N)cc(Oc2c(Cl)cccc2[N+](=O)[O-])n1. The molecule has 0 amide bonds. The molecule has 0 aliphatic carbocycles. The van der Waals surface area contributed by atoms with Gasteiger partial charge in [-0.25, -0.2) is 4.98 Å². The van der Waals surface area contributed by atoms with Crippen molar-refractivity contribution in [3.8, 4) is 11.6 Å². The molecular weight excluding hydrogens is 284 g/mol. The summed E-state index contributed by atoms with van der Waals surface area (Å²) < 4.78 is 5.42. The van der Waals surface area contributed by atoms with Crippen LogP contribution in [0.15, 0.2) is 24.3 Å². The van der Waals surface area contributed by atoms with Crippen LogP contribution in [0.2, 0.25) is 5.02 Å². The topological polar surface area (TPSA) is 104 Å². The molecular formula is C12H11ClN4O3. The van der Waals surface area contributed by atoms with Gasteiger partial charge < -0.3 is 10.5 Å². The maximum Gasteiger partial charge on any atom is 0.313 e. The highest BCUT2D eigenvalue weighted by molar-refractivity contribution is 6.32. The fraction of sp³-hybridized carbons (Fsp3) is 0.167. The number of ether oxygens (including phenoxy) is 1. The Morgan fingerprint density at radius 1 is 1.45 bits per heavy atom. The first kappa shape index (κ1) is 14.0. The van der Waals surface area contributed by atoms with E-state index < -0.39 is 4.92 Å². The van der Waals surface area contributed by atoms with Crippen LogP contribution in [0.3, 0.4) is 0 Å². The van der Waals surface area contributed by atoms with Gasteiger partial charge in [-0.05, 0) is 6.07 Å². The van der Waals surface area contributed by atoms with Crippen LogP contribution in [0.4, 0.5) is 11.5 Å². The Labute approximate surface area is 119 Å². The maximum atomic E-state index is 11.0. The summed E-state index contributed by atoms with van der Waals surface area (Å²) >= 11 is 5.93. The Balaban J connectivity index is 2.44. The van der Waals surface area contributed by atoms with Crippen molar-refractivity contribution in [2.45, 2.75) is 13.3 Å². The number of halogens is 1. The summed E-state index contributed by atoms with van der Waals surface area (Å²) in [7, 11) is 0. The van der Waals surface area contributed by atoms with E-state index in [9.17, 15) is 10.1 Å². The molecule has 0 aliphatic heterocycles. The van der Waals surface area contributed by atoms with Gasteiger partial charge in [0.15, 0.2) is 0 Å². The predicted molar refractivity (Wildman–Crippen MR) is 74.0 cm³/mol. The standard InChI is InChI=1S/C12H11ClN4O3/c1-2-10-15-9(14)6-11(16-10)20-12-7(13)4-3-5-8(12)17(18)19/h3-6H,2H2,1H3,(H2,14,15,16). The Morgan fingerprint density at radius 2 is 2.20 bits per heavy atom. The van der Waals surface area contributed by atoms with E-state index in [-0.39, 0.29) is 28.2 Å². The lowest BCUT2D eigenvalue weighted by molar-refractivity contribution is -0.385. The summed E-state index contributed by atoms with van der Waals surface area (Å²) in [6.45, 7) is 1.86. The zero-order chi connectivity index (χ0) is 14.7. The van der Waals surface area contributed by atoms with Crippen LogP contribution in [0.1, 0.15) is 12.7 Å². The van der Waals surface area contributed by atoms with E-state index in [0.717, 1.165) is 0 Å². The summed E-state index contributed by atoms with van der Waals surface area (Å²) in [5.74, 6) is 0.751. The van der Waals surface area contributed by atoms with Gasteiger partial charge in [0.25, 0.3) is 0 Å². The summed E-state index contributed by atoms with van der Waals surface area (Å²) in [5.41, 5.74) is 5.38. The summed E-state index contributed by atoms with van der Waals surface area (Å²) in [4.78, 5) is 18.5. The molecule has 0 radical (unpaired) electrons. The number of aromatic nitrogens is 2. The lowest BCUT2D eigenvalue weighted by atomic mass is 10.3. The zero-order valence-corrected chi connectivity index (χ0v) is 11.3. The van der Waals surface area contributed by atoms with Gasteiger partial charge in [-0.3, -0.25) is 10.1 Å². The highest BCUT2D eigenvalue weighted by Gasteiger charge is 2.19. The van der Waals surface area contributed by atoms with Gasteiger partial charge >= 0.3 is 5.69 Å². The molecule has 0 spiro atoms. The quantitative estimate of drug-likeness (QED) is 0.686. The molecule has 2 rings (SSSR count). The van der Waals surface area contributed by atoms with Crippen LogP contribution in [-0.4, -0.2) is 14.9 Å². The highest BCUT2D eigenvalue weighted by Crippen LogP contribution is 2.37. The van der Waals surface area contributed by atoms with E-state index in [4.69, 9.17) is 22.1 Å². The van der Waals surface area contributed by atoms with Crippen molar-refractivity contribution in [2.75, 3.05) is 5.73 Å². The lowest BCUT2D eigenvalue weighted by Crippen LogP contribution is -2.01. The number of aryl methyl sites for hydroxylation is 1. The molecule has 2 aromatic rings. The van der Waals surface area contributed by atoms with Crippen molar-refractivity contribution < 1.29 is 9.66 Å². The molecule has 0 aliphatic rings. The van der Waals surface area contributed by atoms with Crippen LogP contribution in [0, 0.1) is 10.1 Å². The second-order valence-corrected chi connectivity index (χ2v) is 4.26. The number of benzene rings is 1. The van der Waals surface area contributed by atoms with Gasteiger partial charge in [0, 0.05) is 18.6 Å². The van der Waals surface area contributed by atoms with Crippen molar-refractivity contribution in [1.82, 2.24) is 9.97 Å². The van der Waals surface area contributed by atoms with Crippen molar-refractivity contribution in [2.24, 2.45) is 0 Å². The normalized spacial score (nSPS) is 10.3. The molecule has 1 aromatic carbocycles. The fourth-order valence-corrected chi connectivity index (χ4v) is 1.76. The molecule has 0 fully saturated rings. The largest absolute Gasteiger partial charge is 0.430 e. The Bertz CT molecular complexity index is 663. The van der Waals surface area contributed by atoms with Gasteiger partial charge in [-0.1, -0.05) is 24.6 Å². The van der Waals surface area contributed by atoms with Crippen LogP contribution < -0.4 is 10.5 Å². The number of hydrogen-bond acceptors (Lipinski definition) is 6. The van der Waals surface area contributed by atoms with Crippen molar-refractivity contribution in [3.63, 3.8) is 0 Å². The number of para-hydroxylation sites is 1. The maximum absolute atomic E-state index is 11.0. The average Bonchev–Trinajstić information content (AvgIpc) is 2.40. The minimum absolute atomic E-state index is 0.0701. The van der Waals surface area contributed by atoms with Gasteiger partial charge in [0.05, 0.1) is 9.95 Å². The molecule has 0 atom stereocenters. The van der Waals surface area contributed by atoms with Crippen LogP contribution in [-0.2, 0) is 6.42 Å². The summed E-state index contributed by atoms with van der Waals surface area (Å²) in [6, 6.07) is 5.65. The zero-order valence-electron chi connectivity index (χ0n) is 10.5. The molecule has 1 heterocycles. The molecule has 8 heteroatoms. The minimum Gasteiger partial charge on any atom is -0.430 e. The molecule has 20 heavy (non-hydrogen) atoms. The molecule has 2 N–H and O–H groups in total. The number of nitrogen functional groups attached to an aromatic ring is 1. The van der Waals surface area contributed by atoms with Crippen LogP contribution in [0.25, 0.3) is 0 Å². The van der Waals surface area contributed by atoms with Crippen molar-refractivity contribution in [3.05, 3.63) is 45.2 Å². The molecule has 7 nitrogen and oxygen atoms in total. The Kier molecular flexibility index (Phi) is 3.99. The first-order valence-electron chi connectivity index (χ1n) is 5.75. The summed E-state index contributed by atoms with van der Waals surface area (Å²) in [6.07, 6.45) is 0.562. The molecule has 0 bridgehead atoms. The number of hydrogen-bond donors (Lipinski definition) is 1. The Morgan fingerprint density at radius 3 is 2.85 bits per heavy atom. The van der Waals surface area contributed by atoms with Gasteiger partial charge in [-0.15, -0.1) is 0 Å². The van der Waals surface area contributed by atoms with Gasteiger partial charge in [-0.2, -0.15) is 4.98 Å². The first-order chi connectivity index (χ1) is 9.51. The van der Waals surface area contributed by atoms with E-state index in [1.165, 1.54) is 24.3 Å². The number of nitrogens with zero attached hydrogens (tertiary/aromatic N) is 3. The number of nitro benzene ring substituents is 1. The number of anilines is 1. The van der Waals surface area contributed by atoms with E-state index in [1.807, 2.05) is 6.92 Å². The van der Waals surface area contributed by atoms with E-state index in [1.54, 1.807) is 0 Å². The van der Waals surface area contributed by atoms with Crippen molar-refractivity contribution >= 4 is 23.1 Å². The predicted octanol–water partition coefficient (Wildman–Crippen LogP) is 2.98. The second kappa shape index (κ2) is 5.70. The minimum atomic E-state index is -0.577. The third-order valence-corrected chi connectivity index (χ3v) is 2.73. The lowest BCUT2D eigenvalue weighted by Gasteiger charge is -2.08. The smallest absolute Gasteiger partial charge is 0.313 e. The third kappa shape index (κ3) is 2.94. The second-order valence-electron chi connectivity index (χ2n) is 3.85. The van der Waals surface area contributed by atoms with Gasteiger partial charge in [0.2, 0.25) is 11.6 Å². The molecule has 104 valence electrons. The fourth-order valence-electron chi connectivity index (χ4n) is 1.55. The van der Waals surface area contributed by atoms with Crippen molar-refractivity contribution in [1.29, 1.82) is 0 Å². The van der Waals surface area contributed by atoms with E-state index in [0.29, 0.717) is 12.2 Å². The monoisotopic (exact) mass is 294 g/mol. The number of nitro groups is 1. The molecule has 1 aromatic heterocycles. The Hall–Kier alpha value is -2.41. The van der Waals surface area contributed by atoms with E-state index in [2.05, 4.69) is 9.97 Å².